The molecule has 0 aliphatic carbocycles. The number of benzene rings is 3. The standard InChI is InChI=1S/C24H22F3N/c25-24(26,27)23-7-3-6-22(17-23)20-11-14-28(15-12-20)13-10-18-8-9-19-4-1-2-5-21(19)16-18/h1-9,11,14,16-17,20H,10,12-13,15H2. The third-order valence-electron chi connectivity index (χ3n) is 5.40. The largest absolute Gasteiger partial charge is 0.416 e. The molecule has 28 heavy (non-hydrogen) atoms. The topological polar surface area (TPSA) is 3.24 Å². The van der Waals surface area contributed by atoms with Crippen LogP contribution in [0.2, 0.25) is 0 Å². The van der Waals surface area contributed by atoms with Gasteiger partial charge in [-0.25, -0.2) is 0 Å². The van der Waals surface area contributed by atoms with Crippen molar-refractivity contribution in [1.29, 1.82) is 0 Å². The number of hydrogen-bond acceptors (Lipinski definition) is 1. The van der Waals surface area contributed by atoms with Gasteiger partial charge in [0.1, 0.15) is 0 Å². The van der Waals surface area contributed by atoms with Crippen molar-refractivity contribution in [1.82, 2.24) is 4.90 Å². The molecule has 3 aromatic rings. The average Bonchev–Trinajstić information content (AvgIpc) is 2.72. The van der Waals surface area contributed by atoms with Crippen molar-refractivity contribution in [3.8, 4) is 0 Å². The summed E-state index contributed by atoms with van der Waals surface area (Å²) in [7, 11) is 0. The number of nitrogens with zero attached hydrogens (tertiary/aromatic N) is 1. The summed E-state index contributed by atoms with van der Waals surface area (Å²) in [4.78, 5) is 2.25. The molecule has 0 fully saturated rings. The van der Waals surface area contributed by atoms with E-state index in [1.54, 1.807) is 6.07 Å². The van der Waals surface area contributed by atoms with Crippen LogP contribution < -0.4 is 0 Å². The van der Waals surface area contributed by atoms with Crippen molar-refractivity contribution in [3.05, 3.63) is 95.7 Å². The first kappa shape index (κ1) is 18.6. The van der Waals surface area contributed by atoms with E-state index in [0.29, 0.717) is 0 Å². The molecule has 1 atom stereocenters. The van der Waals surface area contributed by atoms with Gasteiger partial charge in [-0.1, -0.05) is 66.7 Å². The minimum atomic E-state index is -4.29. The van der Waals surface area contributed by atoms with Crippen LogP contribution in [0.25, 0.3) is 10.8 Å². The highest BCUT2D eigenvalue weighted by molar-refractivity contribution is 5.82. The Kier molecular flexibility index (Phi) is 5.12. The van der Waals surface area contributed by atoms with Gasteiger partial charge in [-0.3, -0.25) is 0 Å². The normalized spacial score (nSPS) is 17.2. The molecule has 0 saturated heterocycles. The SMILES string of the molecule is FC(F)(F)c1cccc(C2C=CN(CCc3ccc4ccccc4c3)CC2)c1. The van der Waals surface area contributed by atoms with Gasteiger partial charge in [0.05, 0.1) is 5.56 Å². The summed E-state index contributed by atoms with van der Waals surface area (Å²) in [6, 6.07) is 20.6. The molecule has 1 nitrogen and oxygen atoms in total. The summed E-state index contributed by atoms with van der Waals surface area (Å²) < 4.78 is 38.8. The number of allylic oxidation sites excluding steroid dienone is 1. The third-order valence-corrected chi connectivity index (χ3v) is 5.40. The van der Waals surface area contributed by atoms with E-state index in [0.717, 1.165) is 37.6 Å². The van der Waals surface area contributed by atoms with Crippen molar-refractivity contribution < 1.29 is 13.2 Å². The highest BCUT2D eigenvalue weighted by Gasteiger charge is 2.31. The predicted molar refractivity (Wildman–Crippen MR) is 107 cm³/mol. The van der Waals surface area contributed by atoms with Gasteiger partial charge in [-0.15, -0.1) is 0 Å². The molecule has 3 aromatic carbocycles. The first-order chi connectivity index (χ1) is 13.5. The third kappa shape index (κ3) is 4.22. The highest BCUT2D eigenvalue weighted by atomic mass is 19.4. The Labute approximate surface area is 163 Å². The fourth-order valence-corrected chi connectivity index (χ4v) is 3.78. The maximum Gasteiger partial charge on any atom is 0.416 e. The molecule has 0 bridgehead atoms. The molecular weight excluding hydrogens is 359 g/mol. The van der Waals surface area contributed by atoms with E-state index in [1.807, 2.05) is 24.4 Å². The maximum atomic E-state index is 12.9. The van der Waals surface area contributed by atoms with E-state index in [-0.39, 0.29) is 5.92 Å². The molecule has 1 heterocycles. The Morgan fingerprint density at radius 3 is 2.46 bits per heavy atom. The van der Waals surface area contributed by atoms with E-state index in [4.69, 9.17) is 0 Å². The van der Waals surface area contributed by atoms with Crippen LogP contribution in [0.1, 0.15) is 29.0 Å². The van der Waals surface area contributed by atoms with Crippen molar-refractivity contribution >= 4 is 10.8 Å². The van der Waals surface area contributed by atoms with Crippen molar-refractivity contribution in [3.63, 3.8) is 0 Å². The molecule has 0 radical (unpaired) electrons. The summed E-state index contributed by atoms with van der Waals surface area (Å²) >= 11 is 0. The van der Waals surface area contributed by atoms with E-state index in [2.05, 4.69) is 35.2 Å². The number of alkyl halides is 3. The fraction of sp³-hybridized carbons (Fsp3) is 0.250. The number of fused-ring (bicyclic) bond motifs is 1. The van der Waals surface area contributed by atoms with Gasteiger partial charge in [0, 0.05) is 19.0 Å². The Morgan fingerprint density at radius 1 is 0.893 bits per heavy atom. The molecule has 0 saturated carbocycles. The zero-order valence-electron chi connectivity index (χ0n) is 15.5. The quantitative estimate of drug-likeness (QED) is 0.505. The monoisotopic (exact) mass is 381 g/mol. The number of hydrogen-bond donors (Lipinski definition) is 0. The van der Waals surface area contributed by atoms with Gasteiger partial charge in [-0.2, -0.15) is 13.2 Å². The average molecular weight is 381 g/mol. The van der Waals surface area contributed by atoms with Crippen LogP contribution in [0.4, 0.5) is 13.2 Å². The molecule has 144 valence electrons. The van der Waals surface area contributed by atoms with Crippen molar-refractivity contribution in [2.24, 2.45) is 0 Å². The van der Waals surface area contributed by atoms with E-state index < -0.39 is 11.7 Å². The minimum absolute atomic E-state index is 0.0409. The Bertz CT molecular complexity index is 990. The lowest BCUT2D eigenvalue weighted by molar-refractivity contribution is -0.137. The van der Waals surface area contributed by atoms with E-state index in [9.17, 15) is 13.2 Å². The van der Waals surface area contributed by atoms with Crippen LogP contribution in [0.15, 0.2) is 79.0 Å². The minimum Gasteiger partial charge on any atom is -0.377 e. The lowest BCUT2D eigenvalue weighted by atomic mass is 9.92. The Balaban J connectivity index is 1.38. The number of halogens is 3. The van der Waals surface area contributed by atoms with E-state index in [1.165, 1.54) is 28.5 Å². The van der Waals surface area contributed by atoms with Crippen LogP contribution in [0.3, 0.4) is 0 Å². The first-order valence-corrected chi connectivity index (χ1v) is 9.56. The lowest BCUT2D eigenvalue weighted by Gasteiger charge is -2.28. The number of rotatable bonds is 4. The molecular formula is C24H22F3N. The first-order valence-electron chi connectivity index (χ1n) is 9.56. The Hall–Kier alpha value is -2.75. The molecule has 1 unspecified atom stereocenters. The fourth-order valence-electron chi connectivity index (χ4n) is 3.78. The second kappa shape index (κ2) is 7.70. The summed E-state index contributed by atoms with van der Waals surface area (Å²) in [5.74, 6) is 0.0409. The van der Waals surface area contributed by atoms with Gasteiger partial charge in [0.25, 0.3) is 0 Å². The van der Waals surface area contributed by atoms with Gasteiger partial charge < -0.3 is 4.90 Å². The van der Waals surface area contributed by atoms with Crippen LogP contribution in [-0.4, -0.2) is 18.0 Å². The lowest BCUT2D eigenvalue weighted by Crippen LogP contribution is -2.26. The van der Waals surface area contributed by atoms with Gasteiger partial charge >= 0.3 is 6.18 Å². The van der Waals surface area contributed by atoms with E-state index >= 15 is 0 Å². The molecule has 0 amide bonds. The van der Waals surface area contributed by atoms with Gasteiger partial charge in [0.2, 0.25) is 0 Å². The summed E-state index contributed by atoms with van der Waals surface area (Å²) in [5, 5.41) is 2.49. The second-order valence-electron chi connectivity index (χ2n) is 7.33. The summed E-state index contributed by atoms with van der Waals surface area (Å²) in [6.07, 6.45) is 1.55. The Morgan fingerprint density at radius 2 is 1.71 bits per heavy atom. The second-order valence-corrected chi connectivity index (χ2v) is 7.33. The molecule has 0 aromatic heterocycles. The molecule has 1 aliphatic rings. The summed E-state index contributed by atoms with van der Waals surface area (Å²) in [5.41, 5.74) is 1.46. The van der Waals surface area contributed by atoms with Gasteiger partial charge in [0.15, 0.2) is 0 Å². The molecule has 4 heteroatoms. The molecule has 0 spiro atoms. The van der Waals surface area contributed by atoms with Crippen molar-refractivity contribution in [2.45, 2.75) is 24.9 Å². The smallest absolute Gasteiger partial charge is 0.377 e. The molecule has 4 rings (SSSR count). The van der Waals surface area contributed by atoms with Gasteiger partial charge in [-0.05, 0) is 47.0 Å². The highest BCUT2D eigenvalue weighted by Crippen LogP contribution is 2.33. The zero-order chi connectivity index (χ0) is 19.6. The maximum absolute atomic E-state index is 12.9. The van der Waals surface area contributed by atoms with Crippen molar-refractivity contribution in [2.75, 3.05) is 13.1 Å². The molecule has 0 N–H and O–H groups in total. The van der Waals surface area contributed by atoms with Crippen LogP contribution in [0.5, 0.6) is 0 Å². The van der Waals surface area contributed by atoms with Crippen LogP contribution >= 0.6 is 0 Å². The summed E-state index contributed by atoms with van der Waals surface area (Å²) in [6.45, 7) is 1.76. The zero-order valence-corrected chi connectivity index (χ0v) is 15.5. The van der Waals surface area contributed by atoms with Crippen LogP contribution in [0, 0.1) is 0 Å². The van der Waals surface area contributed by atoms with Crippen LogP contribution in [-0.2, 0) is 12.6 Å². The molecule has 1 aliphatic heterocycles. The predicted octanol–water partition coefficient (Wildman–Crippen LogP) is 6.40.